The van der Waals surface area contributed by atoms with Crippen molar-refractivity contribution >= 4 is 11.9 Å². The topological polar surface area (TPSA) is 104 Å². The van der Waals surface area contributed by atoms with Crippen LogP contribution in [0, 0.1) is 11.6 Å². The first-order valence-corrected chi connectivity index (χ1v) is 8.29. The van der Waals surface area contributed by atoms with E-state index in [4.69, 9.17) is 11.5 Å². The van der Waals surface area contributed by atoms with Crippen LogP contribution in [0.25, 0.3) is 33.9 Å². The highest BCUT2D eigenvalue weighted by atomic mass is 19.1. The van der Waals surface area contributed by atoms with Crippen molar-refractivity contribution in [1.82, 2.24) is 19.9 Å². The van der Waals surface area contributed by atoms with E-state index < -0.39 is 0 Å². The van der Waals surface area contributed by atoms with Crippen LogP contribution in [-0.2, 0) is 0 Å². The summed E-state index contributed by atoms with van der Waals surface area (Å²) in [6, 6.07) is 15.1. The smallest absolute Gasteiger partial charge is 0.221 e. The van der Waals surface area contributed by atoms with Crippen molar-refractivity contribution in [2.45, 2.75) is 0 Å². The molecular weight excluding hydrogens is 362 g/mol. The summed E-state index contributed by atoms with van der Waals surface area (Å²) in [4.78, 5) is 16.8. The van der Waals surface area contributed by atoms with Gasteiger partial charge in [0.15, 0.2) is 0 Å². The van der Waals surface area contributed by atoms with Crippen molar-refractivity contribution in [3.63, 3.8) is 0 Å². The van der Waals surface area contributed by atoms with E-state index in [2.05, 4.69) is 19.9 Å². The van der Waals surface area contributed by atoms with E-state index in [0.29, 0.717) is 33.9 Å². The van der Waals surface area contributed by atoms with Gasteiger partial charge in [-0.3, -0.25) is 0 Å². The maximum absolute atomic E-state index is 13.2. The normalized spacial score (nSPS) is 10.8. The number of aromatic nitrogens is 4. The molecule has 8 heteroatoms. The third kappa shape index (κ3) is 3.61. The number of nitrogen functional groups attached to an aromatic ring is 2. The van der Waals surface area contributed by atoms with Crippen LogP contribution in [0.15, 0.2) is 60.7 Å². The summed E-state index contributed by atoms with van der Waals surface area (Å²) in [5, 5.41) is 0. The third-order valence-corrected chi connectivity index (χ3v) is 4.03. The van der Waals surface area contributed by atoms with Crippen molar-refractivity contribution < 1.29 is 8.78 Å². The summed E-state index contributed by atoms with van der Waals surface area (Å²) >= 11 is 0. The number of hydrogen-bond acceptors (Lipinski definition) is 6. The Hall–Kier alpha value is -3.94. The van der Waals surface area contributed by atoms with Crippen LogP contribution in [0.2, 0.25) is 0 Å². The molecule has 4 rings (SSSR count). The summed E-state index contributed by atoms with van der Waals surface area (Å²) in [6.07, 6.45) is 0. The zero-order valence-corrected chi connectivity index (χ0v) is 14.5. The number of nitrogens with zero attached hydrogens (tertiary/aromatic N) is 4. The molecule has 0 aliphatic heterocycles. The van der Waals surface area contributed by atoms with Gasteiger partial charge < -0.3 is 11.5 Å². The predicted molar refractivity (Wildman–Crippen MR) is 103 cm³/mol. The average molecular weight is 376 g/mol. The minimum absolute atomic E-state index is 0.0392. The Kier molecular flexibility index (Phi) is 4.36. The van der Waals surface area contributed by atoms with Crippen molar-refractivity contribution in [1.29, 1.82) is 0 Å². The van der Waals surface area contributed by atoms with E-state index in [1.807, 2.05) is 0 Å². The highest BCUT2D eigenvalue weighted by Crippen LogP contribution is 2.27. The third-order valence-electron chi connectivity index (χ3n) is 4.03. The fraction of sp³-hybridized carbons (Fsp3) is 0. The van der Waals surface area contributed by atoms with Crippen molar-refractivity contribution in [2.24, 2.45) is 0 Å². The molecule has 4 N–H and O–H groups in total. The van der Waals surface area contributed by atoms with Crippen LogP contribution in [-0.4, -0.2) is 19.9 Å². The van der Waals surface area contributed by atoms with Crippen molar-refractivity contribution in [2.75, 3.05) is 11.5 Å². The lowest BCUT2D eigenvalue weighted by Gasteiger charge is -2.08. The molecule has 0 saturated carbocycles. The Bertz CT molecular complexity index is 1050. The second kappa shape index (κ2) is 6.99. The molecule has 0 bridgehead atoms. The van der Waals surface area contributed by atoms with Gasteiger partial charge in [0.25, 0.3) is 0 Å². The molecule has 4 aromatic rings. The van der Waals surface area contributed by atoms with E-state index >= 15 is 0 Å². The maximum atomic E-state index is 13.2. The van der Waals surface area contributed by atoms with E-state index in [-0.39, 0.29) is 23.5 Å². The summed E-state index contributed by atoms with van der Waals surface area (Å²) < 4.78 is 26.4. The molecule has 0 spiro atoms. The van der Waals surface area contributed by atoms with Gasteiger partial charge >= 0.3 is 0 Å². The first-order chi connectivity index (χ1) is 13.5. The minimum atomic E-state index is -0.349. The summed E-state index contributed by atoms with van der Waals surface area (Å²) in [7, 11) is 0. The van der Waals surface area contributed by atoms with Crippen molar-refractivity contribution in [3.05, 3.63) is 72.3 Å². The van der Waals surface area contributed by atoms with Gasteiger partial charge in [0.2, 0.25) is 11.9 Å². The zero-order chi connectivity index (χ0) is 19.7. The van der Waals surface area contributed by atoms with Gasteiger partial charge in [-0.05, 0) is 60.7 Å². The Morgan fingerprint density at radius 2 is 0.821 bits per heavy atom. The lowest BCUT2D eigenvalue weighted by Crippen LogP contribution is -2.02. The molecule has 0 radical (unpaired) electrons. The molecule has 0 unspecified atom stereocenters. The van der Waals surface area contributed by atoms with E-state index in [9.17, 15) is 8.78 Å². The fourth-order valence-corrected chi connectivity index (χ4v) is 2.73. The van der Waals surface area contributed by atoms with Crippen LogP contribution >= 0.6 is 0 Å². The Morgan fingerprint density at radius 1 is 0.500 bits per heavy atom. The van der Waals surface area contributed by atoms with E-state index in [1.54, 1.807) is 36.4 Å². The molecule has 0 fully saturated rings. The van der Waals surface area contributed by atoms with Crippen LogP contribution < -0.4 is 11.5 Å². The molecule has 0 aliphatic rings. The number of halogens is 2. The van der Waals surface area contributed by atoms with Gasteiger partial charge in [-0.15, -0.1) is 0 Å². The molecule has 0 aliphatic carbocycles. The summed E-state index contributed by atoms with van der Waals surface area (Å²) in [5.74, 6) is -0.619. The molecule has 2 heterocycles. The van der Waals surface area contributed by atoms with Crippen molar-refractivity contribution in [3.8, 4) is 33.9 Å². The number of benzene rings is 2. The molecule has 2 aromatic heterocycles. The fourth-order valence-electron chi connectivity index (χ4n) is 2.73. The second-order valence-corrected chi connectivity index (χ2v) is 6.01. The Labute approximate surface area is 158 Å². The lowest BCUT2D eigenvalue weighted by atomic mass is 10.1. The van der Waals surface area contributed by atoms with E-state index in [0.717, 1.165) is 0 Å². The Balaban J connectivity index is 1.80. The molecule has 0 amide bonds. The summed E-state index contributed by atoms with van der Waals surface area (Å²) in [5.41, 5.74) is 15.0. The average Bonchev–Trinajstić information content (AvgIpc) is 2.68. The van der Waals surface area contributed by atoms with Gasteiger partial charge in [-0.25, -0.2) is 28.7 Å². The van der Waals surface area contributed by atoms with Gasteiger partial charge in [0.05, 0.1) is 22.8 Å². The van der Waals surface area contributed by atoms with Crippen LogP contribution in [0.4, 0.5) is 20.7 Å². The van der Waals surface area contributed by atoms with Crippen LogP contribution in [0.3, 0.4) is 0 Å². The van der Waals surface area contributed by atoms with Gasteiger partial charge in [-0.1, -0.05) is 0 Å². The molecular formula is C20H14F2N6. The monoisotopic (exact) mass is 376 g/mol. The zero-order valence-electron chi connectivity index (χ0n) is 14.5. The highest BCUT2D eigenvalue weighted by molar-refractivity contribution is 5.71. The highest BCUT2D eigenvalue weighted by Gasteiger charge is 2.12. The van der Waals surface area contributed by atoms with Gasteiger partial charge in [0, 0.05) is 11.1 Å². The number of nitrogens with two attached hydrogens (primary N) is 2. The molecule has 0 saturated heterocycles. The first kappa shape index (κ1) is 17.5. The van der Waals surface area contributed by atoms with Gasteiger partial charge in [0.1, 0.15) is 11.6 Å². The molecule has 2 aromatic carbocycles. The summed E-state index contributed by atoms with van der Waals surface area (Å²) in [6.45, 7) is 0. The molecule has 138 valence electrons. The minimum Gasteiger partial charge on any atom is -0.368 e. The first-order valence-electron chi connectivity index (χ1n) is 8.29. The quantitative estimate of drug-likeness (QED) is 0.565. The number of rotatable bonds is 3. The second-order valence-electron chi connectivity index (χ2n) is 6.01. The maximum Gasteiger partial charge on any atom is 0.221 e. The Morgan fingerprint density at radius 3 is 1.18 bits per heavy atom. The molecule has 6 nitrogen and oxygen atoms in total. The van der Waals surface area contributed by atoms with Crippen LogP contribution in [0.5, 0.6) is 0 Å². The largest absolute Gasteiger partial charge is 0.368 e. The standard InChI is InChI=1S/C20H14F2N6/c21-13-5-1-11(2-6-13)15-9-17(27-19(23)25-15)18-10-16(26-20(24)28-18)12-3-7-14(22)8-4-12/h1-10H,(H2,23,25,27)(H2,24,26,28). The SMILES string of the molecule is Nc1nc(-c2ccc(F)cc2)cc(-c2cc(-c3ccc(F)cc3)nc(N)n2)n1. The molecule has 28 heavy (non-hydrogen) atoms. The number of hydrogen-bond donors (Lipinski definition) is 2. The van der Waals surface area contributed by atoms with Gasteiger partial charge in [-0.2, -0.15) is 0 Å². The molecule has 0 atom stereocenters. The lowest BCUT2D eigenvalue weighted by molar-refractivity contribution is 0.627. The number of anilines is 2. The predicted octanol–water partition coefficient (Wildman–Crippen LogP) is 3.71. The van der Waals surface area contributed by atoms with Crippen LogP contribution in [0.1, 0.15) is 0 Å². The van der Waals surface area contributed by atoms with E-state index in [1.165, 1.54) is 24.3 Å².